The Kier molecular flexibility index (Phi) is 4.86. The van der Waals surface area contributed by atoms with Crippen LogP contribution in [0.25, 0.3) is 10.2 Å². The number of amides is 2. The van der Waals surface area contributed by atoms with Crippen molar-refractivity contribution in [2.75, 3.05) is 5.32 Å². The van der Waals surface area contributed by atoms with E-state index in [0.717, 1.165) is 23.4 Å². The van der Waals surface area contributed by atoms with E-state index >= 15 is 0 Å². The number of carbonyl (C=O) groups is 2. The predicted octanol–water partition coefficient (Wildman–Crippen LogP) is 3.36. The highest BCUT2D eigenvalue weighted by Crippen LogP contribution is 2.22. The van der Waals surface area contributed by atoms with Crippen molar-refractivity contribution in [3.63, 3.8) is 0 Å². The van der Waals surface area contributed by atoms with E-state index in [1.54, 1.807) is 35.6 Å². The zero-order valence-corrected chi connectivity index (χ0v) is 13.8. The van der Waals surface area contributed by atoms with Crippen molar-refractivity contribution in [3.8, 4) is 0 Å². The Labute approximate surface area is 143 Å². The van der Waals surface area contributed by atoms with Gasteiger partial charge in [-0.05, 0) is 43.2 Å². The maximum absolute atomic E-state index is 12.0. The maximum atomic E-state index is 12.0. The molecule has 0 saturated carbocycles. The number of thiazole rings is 1. The molecule has 0 atom stereocenters. The third-order valence-corrected chi connectivity index (χ3v) is 4.66. The molecule has 122 valence electrons. The van der Waals surface area contributed by atoms with Gasteiger partial charge in [0, 0.05) is 17.7 Å². The van der Waals surface area contributed by atoms with Crippen LogP contribution in [0, 0.1) is 0 Å². The molecule has 0 aliphatic carbocycles. The molecule has 3 N–H and O–H groups in total. The molecule has 0 bridgehead atoms. The van der Waals surface area contributed by atoms with Gasteiger partial charge >= 0.3 is 0 Å². The van der Waals surface area contributed by atoms with Crippen LogP contribution in [0.15, 0.2) is 48.5 Å². The minimum absolute atomic E-state index is 0.0854. The van der Waals surface area contributed by atoms with Gasteiger partial charge in [0.25, 0.3) is 0 Å². The standard InChI is InChI=1S/C18H17N3O2S/c19-18(23)12-5-3-6-13(11-12)20-16(22)9-4-10-17-21-14-7-1-2-8-15(14)24-17/h1-3,5-8,11H,4,9-10H2,(H2,19,23)(H,20,22). The van der Waals surface area contributed by atoms with Gasteiger partial charge in [-0.3, -0.25) is 9.59 Å². The van der Waals surface area contributed by atoms with E-state index in [1.165, 1.54) is 4.70 Å². The van der Waals surface area contributed by atoms with Crippen molar-refractivity contribution in [1.82, 2.24) is 4.98 Å². The number of aryl methyl sites for hydroxylation is 1. The van der Waals surface area contributed by atoms with E-state index in [1.807, 2.05) is 18.2 Å². The number of primary amides is 1. The molecule has 0 spiro atoms. The number of anilines is 1. The summed E-state index contributed by atoms with van der Waals surface area (Å²) in [6.07, 6.45) is 1.89. The highest BCUT2D eigenvalue weighted by molar-refractivity contribution is 7.18. The highest BCUT2D eigenvalue weighted by atomic mass is 32.1. The lowest BCUT2D eigenvalue weighted by Crippen LogP contribution is -2.14. The van der Waals surface area contributed by atoms with Gasteiger partial charge in [0.2, 0.25) is 11.8 Å². The largest absolute Gasteiger partial charge is 0.366 e. The van der Waals surface area contributed by atoms with Gasteiger partial charge in [0.1, 0.15) is 0 Å². The van der Waals surface area contributed by atoms with Crippen LogP contribution >= 0.6 is 11.3 Å². The Morgan fingerprint density at radius 2 is 1.96 bits per heavy atom. The third kappa shape index (κ3) is 3.97. The van der Waals surface area contributed by atoms with Crippen molar-refractivity contribution in [1.29, 1.82) is 0 Å². The lowest BCUT2D eigenvalue weighted by atomic mass is 10.2. The van der Waals surface area contributed by atoms with Crippen LogP contribution in [-0.4, -0.2) is 16.8 Å². The van der Waals surface area contributed by atoms with Crippen LogP contribution in [-0.2, 0) is 11.2 Å². The van der Waals surface area contributed by atoms with E-state index in [9.17, 15) is 9.59 Å². The number of nitrogens with two attached hydrogens (primary N) is 1. The third-order valence-electron chi connectivity index (χ3n) is 3.56. The van der Waals surface area contributed by atoms with Gasteiger partial charge in [0.05, 0.1) is 15.2 Å². The minimum Gasteiger partial charge on any atom is -0.366 e. The van der Waals surface area contributed by atoms with E-state index in [4.69, 9.17) is 5.73 Å². The fraction of sp³-hybridized carbons (Fsp3) is 0.167. The van der Waals surface area contributed by atoms with Crippen molar-refractivity contribution in [2.45, 2.75) is 19.3 Å². The van der Waals surface area contributed by atoms with Crippen LogP contribution in [0.1, 0.15) is 28.2 Å². The van der Waals surface area contributed by atoms with Gasteiger partial charge in [-0.1, -0.05) is 18.2 Å². The van der Waals surface area contributed by atoms with Gasteiger partial charge in [-0.15, -0.1) is 11.3 Å². The number of hydrogen-bond donors (Lipinski definition) is 2. The van der Waals surface area contributed by atoms with E-state index < -0.39 is 5.91 Å². The Morgan fingerprint density at radius 1 is 1.12 bits per heavy atom. The van der Waals surface area contributed by atoms with Crippen LogP contribution in [0.3, 0.4) is 0 Å². The molecule has 2 amide bonds. The first kappa shape index (κ1) is 16.1. The second kappa shape index (κ2) is 7.23. The second-order valence-corrected chi connectivity index (χ2v) is 6.54. The lowest BCUT2D eigenvalue weighted by molar-refractivity contribution is -0.116. The fourth-order valence-electron chi connectivity index (χ4n) is 2.40. The van der Waals surface area contributed by atoms with Crippen LogP contribution < -0.4 is 11.1 Å². The number of aromatic nitrogens is 1. The Hall–Kier alpha value is -2.73. The number of fused-ring (bicyclic) bond motifs is 1. The van der Waals surface area contributed by atoms with Crippen LogP contribution in [0.2, 0.25) is 0 Å². The summed E-state index contributed by atoms with van der Waals surface area (Å²) in [6, 6.07) is 14.6. The predicted molar refractivity (Wildman–Crippen MR) is 96.1 cm³/mol. The molecular formula is C18H17N3O2S. The fourth-order valence-corrected chi connectivity index (χ4v) is 3.41. The topological polar surface area (TPSA) is 85.1 Å². The summed E-state index contributed by atoms with van der Waals surface area (Å²) in [7, 11) is 0. The molecule has 0 aliphatic heterocycles. The summed E-state index contributed by atoms with van der Waals surface area (Å²) in [5.41, 5.74) is 7.19. The number of benzene rings is 2. The molecule has 5 nitrogen and oxygen atoms in total. The molecule has 0 unspecified atom stereocenters. The molecule has 1 aromatic heterocycles. The molecule has 24 heavy (non-hydrogen) atoms. The van der Waals surface area contributed by atoms with E-state index in [0.29, 0.717) is 17.7 Å². The Morgan fingerprint density at radius 3 is 2.75 bits per heavy atom. The zero-order chi connectivity index (χ0) is 16.9. The summed E-state index contributed by atoms with van der Waals surface area (Å²) in [5.74, 6) is -0.598. The molecular weight excluding hydrogens is 322 g/mol. The average molecular weight is 339 g/mol. The minimum atomic E-state index is -0.512. The van der Waals surface area contributed by atoms with Gasteiger partial charge in [0.15, 0.2) is 0 Å². The van der Waals surface area contributed by atoms with Gasteiger partial charge < -0.3 is 11.1 Å². The number of para-hydroxylation sites is 1. The van der Waals surface area contributed by atoms with Crippen molar-refractivity contribution in [3.05, 3.63) is 59.1 Å². The number of nitrogens with one attached hydrogen (secondary N) is 1. The first-order chi connectivity index (χ1) is 11.6. The summed E-state index contributed by atoms with van der Waals surface area (Å²) in [4.78, 5) is 27.7. The van der Waals surface area contributed by atoms with Crippen molar-refractivity contribution in [2.24, 2.45) is 5.73 Å². The van der Waals surface area contributed by atoms with Gasteiger partial charge in [-0.2, -0.15) is 0 Å². The van der Waals surface area contributed by atoms with E-state index in [2.05, 4.69) is 16.4 Å². The monoisotopic (exact) mass is 339 g/mol. The molecule has 0 saturated heterocycles. The molecule has 3 aromatic rings. The normalized spacial score (nSPS) is 10.7. The summed E-state index contributed by atoms with van der Waals surface area (Å²) in [5, 5.41) is 3.83. The summed E-state index contributed by atoms with van der Waals surface area (Å²) in [6.45, 7) is 0. The molecule has 6 heteroatoms. The molecule has 3 rings (SSSR count). The molecule has 0 fully saturated rings. The lowest BCUT2D eigenvalue weighted by Gasteiger charge is -2.05. The molecule has 2 aromatic carbocycles. The van der Waals surface area contributed by atoms with Crippen molar-refractivity contribution >= 4 is 39.1 Å². The Balaban J connectivity index is 1.52. The first-order valence-electron chi connectivity index (χ1n) is 7.66. The number of hydrogen-bond acceptors (Lipinski definition) is 4. The smallest absolute Gasteiger partial charge is 0.248 e. The van der Waals surface area contributed by atoms with Crippen LogP contribution in [0.4, 0.5) is 5.69 Å². The maximum Gasteiger partial charge on any atom is 0.248 e. The first-order valence-corrected chi connectivity index (χ1v) is 8.47. The number of carbonyl (C=O) groups excluding carboxylic acids is 2. The quantitative estimate of drug-likeness (QED) is 0.722. The van der Waals surface area contributed by atoms with Gasteiger partial charge in [-0.25, -0.2) is 4.98 Å². The Bertz CT molecular complexity index is 856. The molecule has 0 aliphatic rings. The number of rotatable bonds is 6. The van der Waals surface area contributed by atoms with Crippen LogP contribution in [0.5, 0.6) is 0 Å². The zero-order valence-electron chi connectivity index (χ0n) is 13.0. The summed E-state index contributed by atoms with van der Waals surface area (Å²) < 4.78 is 1.17. The van der Waals surface area contributed by atoms with E-state index in [-0.39, 0.29) is 5.91 Å². The summed E-state index contributed by atoms with van der Waals surface area (Å²) >= 11 is 1.66. The van der Waals surface area contributed by atoms with Crippen molar-refractivity contribution < 1.29 is 9.59 Å². The molecule has 1 heterocycles. The average Bonchev–Trinajstić information content (AvgIpc) is 2.97. The highest BCUT2D eigenvalue weighted by Gasteiger charge is 2.07. The SMILES string of the molecule is NC(=O)c1cccc(NC(=O)CCCc2nc3ccccc3s2)c1. The number of nitrogens with zero attached hydrogens (tertiary/aromatic N) is 1. The molecule has 0 radical (unpaired) electrons. The second-order valence-electron chi connectivity index (χ2n) is 5.42.